The Kier molecular flexibility index (Phi) is 4.04. The summed E-state index contributed by atoms with van der Waals surface area (Å²) in [5.74, 6) is -0.0861. The summed E-state index contributed by atoms with van der Waals surface area (Å²) in [6.45, 7) is 3.08. The molecule has 1 heterocycles. The molecule has 2 N–H and O–H groups in total. The van der Waals surface area contributed by atoms with Crippen LogP contribution in [0.4, 0.5) is 5.69 Å². The number of amides is 2. The molecule has 1 atom stereocenters. The molecule has 0 bridgehead atoms. The Morgan fingerprint density at radius 2 is 2.11 bits per heavy atom. The number of nitrogens with two attached hydrogens (primary N) is 1. The molecule has 1 aromatic carbocycles. The number of carbonyl (C=O) groups excluding carboxylic acids is 2. The largest absolute Gasteiger partial charge is 0.494 e. The van der Waals surface area contributed by atoms with Crippen molar-refractivity contribution in [2.75, 3.05) is 18.1 Å². The van der Waals surface area contributed by atoms with Crippen LogP contribution in [0.25, 0.3) is 0 Å². The van der Waals surface area contributed by atoms with Crippen molar-refractivity contribution in [2.24, 2.45) is 11.7 Å². The summed E-state index contributed by atoms with van der Waals surface area (Å²) in [5, 5.41) is 0. The molecular weight excluding hydrogens is 244 g/mol. The lowest BCUT2D eigenvalue weighted by atomic mass is 10.1. The van der Waals surface area contributed by atoms with Crippen molar-refractivity contribution in [2.45, 2.75) is 19.8 Å². The summed E-state index contributed by atoms with van der Waals surface area (Å²) in [5.41, 5.74) is 6.02. The molecule has 2 amide bonds. The molecule has 1 aliphatic heterocycles. The third kappa shape index (κ3) is 3.05. The van der Waals surface area contributed by atoms with Crippen molar-refractivity contribution in [3.05, 3.63) is 24.3 Å². The van der Waals surface area contributed by atoms with E-state index in [4.69, 9.17) is 10.5 Å². The second-order valence-electron chi connectivity index (χ2n) is 4.65. The summed E-state index contributed by atoms with van der Waals surface area (Å²) < 4.78 is 5.48. The first kappa shape index (κ1) is 13.4. The molecule has 0 aliphatic carbocycles. The Hall–Kier alpha value is -2.04. The highest BCUT2D eigenvalue weighted by Gasteiger charge is 2.33. The second kappa shape index (κ2) is 5.73. The summed E-state index contributed by atoms with van der Waals surface area (Å²) in [6, 6.07) is 7.31. The van der Waals surface area contributed by atoms with Crippen molar-refractivity contribution >= 4 is 17.5 Å². The van der Waals surface area contributed by atoms with Crippen LogP contribution in [0.2, 0.25) is 0 Å². The Bertz CT molecular complexity index is 470. The fourth-order valence-electron chi connectivity index (χ4n) is 2.09. The molecule has 5 heteroatoms. The van der Waals surface area contributed by atoms with Gasteiger partial charge in [0.05, 0.1) is 12.5 Å². The van der Waals surface area contributed by atoms with Crippen molar-refractivity contribution < 1.29 is 14.3 Å². The van der Waals surface area contributed by atoms with Gasteiger partial charge in [-0.1, -0.05) is 6.92 Å². The van der Waals surface area contributed by atoms with E-state index in [1.807, 2.05) is 31.2 Å². The minimum Gasteiger partial charge on any atom is -0.494 e. The van der Waals surface area contributed by atoms with Crippen LogP contribution in [0, 0.1) is 5.92 Å². The maximum absolute atomic E-state index is 11.8. The van der Waals surface area contributed by atoms with Crippen LogP contribution in [-0.2, 0) is 9.59 Å². The Morgan fingerprint density at radius 3 is 2.63 bits per heavy atom. The summed E-state index contributed by atoms with van der Waals surface area (Å²) >= 11 is 0. The monoisotopic (exact) mass is 262 g/mol. The highest BCUT2D eigenvalue weighted by molar-refractivity contribution is 6.00. The molecule has 0 aromatic heterocycles. The number of nitrogens with zero attached hydrogens (tertiary/aromatic N) is 1. The van der Waals surface area contributed by atoms with Gasteiger partial charge in [0.1, 0.15) is 5.75 Å². The molecule has 0 saturated carbocycles. The smallest absolute Gasteiger partial charge is 0.227 e. The lowest BCUT2D eigenvalue weighted by Crippen LogP contribution is -2.28. The van der Waals surface area contributed by atoms with E-state index >= 15 is 0 Å². The van der Waals surface area contributed by atoms with Crippen molar-refractivity contribution in [1.29, 1.82) is 0 Å². The van der Waals surface area contributed by atoms with Gasteiger partial charge in [0, 0.05) is 18.7 Å². The molecule has 102 valence electrons. The van der Waals surface area contributed by atoms with E-state index in [2.05, 4.69) is 0 Å². The maximum atomic E-state index is 11.8. The fourth-order valence-corrected chi connectivity index (χ4v) is 2.09. The molecule has 19 heavy (non-hydrogen) atoms. The predicted octanol–water partition coefficient (Wildman–Crippen LogP) is 1.31. The van der Waals surface area contributed by atoms with Gasteiger partial charge in [-0.15, -0.1) is 0 Å². The van der Waals surface area contributed by atoms with Gasteiger partial charge < -0.3 is 15.4 Å². The Morgan fingerprint density at radius 1 is 1.42 bits per heavy atom. The lowest BCUT2D eigenvalue weighted by molar-refractivity contribution is -0.123. The van der Waals surface area contributed by atoms with Gasteiger partial charge in [-0.2, -0.15) is 0 Å². The van der Waals surface area contributed by atoms with Gasteiger partial charge in [-0.05, 0) is 30.7 Å². The molecule has 1 aromatic rings. The van der Waals surface area contributed by atoms with Crippen molar-refractivity contribution in [3.63, 3.8) is 0 Å². The highest BCUT2D eigenvalue weighted by Crippen LogP contribution is 2.26. The average molecular weight is 262 g/mol. The van der Waals surface area contributed by atoms with Gasteiger partial charge >= 0.3 is 0 Å². The SMILES string of the molecule is CCCOc1ccc(N2C[C@@H](C(N)=O)CC2=O)cc1. The summed E-state index contributed by atoms with van der Waals surface area (Å²) in [4.78, 5) is 24.5. The molecule has 1 saturated heterocycles. The van der Waals surface area contributed by atoms with E-state index in [0.717, 1.165) is 17.9 Å². The molecule has 1 fully saturated rings. The first-order valence-electron chi connectivity index (χ1n) is 6.44. The minimum absolute atomic E-state index is 0.0639. The van der Waals surface area contributed by atoms with E-state index in [1.54, 1.807) is 4.90 Å². The zero-order chi connectivity index (χ0) is 13.8. The number of benzene rings is 1. The van der Waals surface area contributed by atoms with Crippen LogP contribution in [0.15, 0.2) is 24.3 Å². The Balaban J connectivity index is 2.06. The third-order valence-electron chi connectivity index (χ3n) is 3.15. The third-order valence-corrected chi connectivity index (χ3v) is 3.15. The topological polar surface area (TPSA) is 72.6 Å². The standard InChI is InChI=1S/C14H18N2O3/c1-2-7-19-12-5-3-11(4-6-12)16-9-10(14(15)18)8-13(16)17/h3-6,10H,2,7-9H2,1H3,(H2,15,18)/t10-/m0/s1. The molecule has 0 radical (unpaired) electrons. The summed E-state index contributed by atoms with van der Waals surface area (Å²) in [6.07, 6.45) is 1.15. The van der Waals surface area contributed by atoms with Gasteiger partial charge in [0.15, 0.2) is 0 Å². The van der Waals surface area contributed by atoms with Gasteiger partial charge in [-0.25, -0.2) is 0 Å². The number of ether oxygens (including phenoxy) is 1. The lowest BCUT2D eigenvalue weighted by Gasteiger charge is -2.16. The number of hydrogen-bond donors (Lipinski definition) is 1. The first-order chi connectivity index (χ1) is 9.11. The first-order valence-corrected chi connectivity index (χ1v) is 6.44. The quantitative estimate of drug-likeness (QED) is 0.869. The fraction of sp³-hybridized carbons (Fsp3) is 0.429. The molecular formula is C14H18N2O3. The molecule has 0 unspecified atom stereocenters. The number of primary amides is 1. The molecule has 1 aliphatic rings. The number of carbonyl (C=O) groups is 2. The molecule has 2 rings (SSSR count). The van der Waals surface area contributed by atoms with E-state index in [1.165, 1.54) is 0 Å². The summed E-state index contributed by atoms with van der Waals surface area (Å²) in [7, 11) is 0. The number of anilines is 1. The zero-order valence-electron chi connectivity index (χ0n) is 11.0. The van der Waals surface area contributed by atoms with E-state index < -0.39 is 5.91 Å². The van der Waals surface area contributed by atoms with Crippen LogP contribution in [0.5, 0.6) is 5.75 Å². The van der Waals surface area contributed by atoms with Gasteiger partial charge in [-0.3, -0.25) is 9.59 Å². The zero-order valence-corrected chi connectivity index (χ0v) is 11.0. The number of hydrogen-bond acceptors (Lipinski definition) is 3. The average Bonchev–Trinajstić information content (AvgIpc) is 2.79. The number of rotatable bonds is 5. The van der Waals surface area contributed by atoms with Crippen molar-refractivity contribution in [3.8, 4) is 5.75 Å². The van der Waals surface area contributed by atoms with E-state index in [-0.39, 0.29) is 18.2 Å². The van der Waals surface area contributed by atoms with Crippen molar-refractivity contribution in [1.82, 2.24) is 0 Å². The van der Waals surface area contributed by atoms with Crippen LogP contribution in [0.1, 0.15) is 19.8 Å². The van der Waals surface area contributed by atoms with Gasteiger partial charge in [0.2, 0.25) is 11.8 Å². The Labute approximate surface area is 112 Å². The second-order valence-corrected chi connectivity index (χ2v) is 4.65. The van der Waals surface area contributed by atoms with Crippen LogP contribution in [-0.4, -0.2) is 25.0 Å². The van der Waals surface area contributed by atoms with Crippen LogP contribution in [0.3, 0.4) is 0 Å². The van der Waals surface area contributed by atoms with Crippen LogP contribution < -0.4 is 15.4 Å². The van der Waals surface area contributed by atoms with E-state index in [9.17, 15) is 9.59 Å². The van der Waals surface area contributed by atoms with E-state index in [0.29, 0.717) is 13.2 Å². The molecule has 5 nitrogen and oxygen atoms in total. The predicted molar refractivity (Wildman–Crippen MR) is 71.9 cm³/mol. The maximum Gasteiger partial charge on any atom is 0.227 e. The normalized spacial score (nSPS) is 18.7. The highest BCUT2D eigenvalue weighted by atomic mass is 16.5. The van der Waals surface area contributed by atoms with Crippen LogP contribution >= 0.6 is 0 Å². The minimum atomic E-state index is -0.418. The van der Waals surface area contributed by atoms with Gasteiger partial charge in [0.25, 0.3) is 0 Å². The molecule has 0 spiro atoms.